The van der Waals surface area contributed by atoms with E-state index in [-0.39, 0.29) is 24.6 Å². The van der Waals surface area contributed by atoms with Crippen molar-refractivity contribution in [3.8, 4) is 0 Å². The lowest BCUT2D eigenvalue weighted by atomic mass is 10.3. The van der Waals surface area contributed by atoms with Crippen LogP contribution >= 0.6 is 0 Å². The number of hydrogen-bond acceptors (Lipinski definition) is 4. The van der Waals surface area contributed by atoms with E-state index in [2.05, 4.69) is 9.89 Å². The van der Waals surface area contributed by atoms with Gasteiger partial charge in [-0.3, -0.25) is 4.79 Å². The van der Waals surface area contributed by atoms with Gasteiger partial charge in [-0.25, -0.2) is 0 Å². The molecule has 5 heteroatoms. The predicted molar refractivity (Wildman–Crippen MR) is 34.7 cm³/mol. The van der Waals surface area contributed by atoms with Crippen molar-refractivity contribution in [3.63, 3.8) is 0 Å². The minimum atomic E-state index is -0.369. The van der Waals surface area contributed by atoms with E-state index in [1.54, 1.807) is 0 Å². The molecule has 0 rings (SSSR count). The number of rotatable bonds is 3. The van der Waals surface area contributed by atoms with Crippen LogP contribution in [0.25, 0.3) is 0 Å². The molecule has 0 bridgehead atoms. The SMILES string of the molecule is COC(=O)CCC(N)=NO. The van der Waals surface area contributed by atoms with Gasteiger partial charge in [-0.1, -0.05) is 5.16 Å². The summed E-state index contributed by atoms with van der Waals surface area (Å²) in [6.45, 7) is 0. The van der Waals surface area contributed by atoms with Gasteiger partial charge in [0, 0.05) is 6.42 Å². The summed E-state index contributed by atoms with van der Waals surface area (Å²) in [4.78, 5) is 10.4. The molecule has 3 N–H and O–H groups in total. The fourth-order valence-electron chi connectivity index (χ4n) is 0.382. The summed E-state index contributed by atoms with van der Waals surface area (Å²) in [6, 6.07) is 0. The van der Waals surface area contributed by atoms with Gasteiger partial charge in [0.15, 0.2) is 0 Å². The highest BCUT2D eigenvalue weighted by atomic mass is 16.5. The zero-order chi connectivity index (χ0) is 7.98. The Kier molecular flexibility index (Phi) is 4.02. The quantitative estimate of drug-likeness (QED) is 0.188. The normalized spacial score (nSPS) is 11.1. The third-order valence-corrected chi connectivity index (χ3v) is 0.941. The Morgan fingerprint density at radius 3 is 2.70 bits per heavy atom. The number of nitrogens with two attached hydrogens (primary N) is 1. The third-order valence-electron chi connectivity index (χ3n) is 0.941. The summed E-state index contributed by atoms with van der Waals surface area (Å²) in [5.74, 6) is -0.336. The molecule has 0 unspecified atom stereocenters. The second-order valence-corrected chi connectivity index (χ2v) is 1.67. The zero-order valence-corrected chi connectivity index (χ0v) is 5.70. The van der Waals surface area contributed by atoms with Crippen LogP contribution in [0, 0.1) is 0 Å². The Bertz CT molecular complexity index is 144. The van der Waals surface area contributed by atoms with Crippen molar-refractivity contribution < 1.29 is 14.7 Å². The van der Waals surface area contributed by atoms with Crippen LogP contribution < -0.4 is 5.73 Å². The summed E-state index contributed by atoms with van der Waals surface area (Å²) in [7, 11) is 1.29. The average molecular weight is 146 g/mol. The molecule has 0 radical (unpaired) electrons. The van der Waals surface area contributed by atoms with Gasteiger partial charge >= 0.3 is 5.97 Å². The summed E-state index contributed by atoms with van der Waals surface area (Å²) < 4.78 is 4.31. The molecule has 58 valence electrons. The van der Waals surface area contributed by atoms with Crippen LogP contribution in [0.3, 0.4) is 0 Å². The molecule has 0 aromatic rings. The first-order chi connectivity index (χ1) is 4.70. The van der Waals surface area contributed by atoms with Crippen molar-refractivity contribution in [1.29, 1.82) is 0 Å². The van der Waals surface area contributed by atoms with Crippen molar-refractivity contribution in [2.45, 2.75) is 12.8 Å². The first-order valence-corrected chi connectivity index (χ1v) is 2.74. The van der Waals surface area contributed by atoms with E-state index in [9.17, 15) is 4.79 Å². The number of oxime groups is 1. The van der Waals surface area contributed by atoms with Gasteiger partial charge in [0.1, 0.15) is 5.84 Å². The van der Waals surface area contributed by atoms with Crippen molar-refractivity contribution in [2.75, 3.05) is 7.11 Å². The summed E-state index contributed by atoms with van der Waals surface area (Å²) in [6.07, 6.45) is 0.371. The number of hydrogen-bond donors (Lipinski definition) is 2. The largest absolute Gasteiger partial charge is 0.469 e. The molecule has 0 heterocycles. The standard InChI is InChI=1S/C5H10N2O3/c1-10-5(8)3-2-4(6)7-9/h9H,2-3H2,1H3,(H2,6,7). The van der Waals surface area contributed by atoms with Crippen LogP contribution in [0.4, 0.5) is 0 Å². The van der Waals surface area contributed by atoms with Gasteiger partial charge in [-0.2, -0.15) is 0 Å². The number of ether oxygens (including phenoxy) is 1. The molecule has 0 aliphatic heterocycles. The van der Waals surface area contributed by atoms with Gasteiger partial charge in [0.05, 0.1) is 13.5 Å². The van der Waals surface area contributed by atoms with E-state index < -0.39 is 0 Å². The van der Waals surface area contributed by atoms with E-state index in [4.69, 9.17) is 10.9 Å². The molecule has 0 spiro atoms. The Morgan fingerprint density at radius 2 is 2.30 bits per heavy atom. The van der Waals surface area contributed by atoms with Crippen LogP contribution in [-0.4, -0.2) is 24.1 Å². The molecule has 0 saturated heterocycles. The highest BCUT2D eigenvalue weighted by molar-refractivity contribution is 5.83. The van der Waals surface area contributed by atoms with Gasteiger partial charge in [-0.15, -0.1) is 0 Å². The molecule has 0 aliphatic carbocycles. The minimum absolute atomic E-state index is 0.0328. The number of carbonyl (C=O) groups is 1. The van der Waals surface area contributed by atoms with Crippen molar-refractivity contribution in [2.24, 2.45) is 10.9 Å². The van der Waals surface area contributed by atoms with E-state index in [0.29, 0.717) is 0 Å². The van der Waals surface area contributed by atoms with Gasteiger partial charge < -0.3 is 15.7 Å². The van der Waals surface area contributed by atoms with Crippen molar-refractivity contribution >= 4 is 11.8 Å². The number of nitrogens with zero attached hydrogens (tertiary/aromatic N) is 1. The van der Waals surface area contributed by atoms with Crippen molar-refractivity contribution in [3.05, 3.63) is 0 Å². The first kappa shape index (κ1) is 8.74. The summed E-state index contributed by atoms with van der Waals surface area (Å²) in [5.41, 5.74) is 5.07. The van der Waals surface area contributed by atoms with Crippen LogP contribution in [-0.2, 0) is 9.53 Å². The smallest absolute Gasteiger partial charge is 0.305 e. The highest BCUT2D eigenvalue weighted by Crippen LogP contribution is 1.90. The molecule has 0 amide bonds. The van der Waals surface area contributed by atoms with E-state index in [0.717, 1.165) is 0 Å². The summed E-state index contributed by atoms with van der Waals surface area (Å²) >= 11 is 0. The Labute approximate surface area is 58.5 Å². The minimum Gasteiger partial charge on any atom is -0.469 e. The zero-order valence-electron chi connectivity index (χ0n) is 5.70. The number of carbonyl (C=O) groups excluding carboxylic acids is 1. The monoisotopic (exact) mass is 146 g/mol. The second-order valence-electron chi connectivity index (χ2n) is 1.67. The molecule has 0 atom stereocenters. The Morgan fingerprint density at radius 1 is 1.70 bits per heavy atom. The molecule has 0 fully saturated rings. The Hall–Kier alpha value is -1.26. The maximum atomic E-state index is 10.4. The molecule has 10 heavy (non-hydrogen) atoms. The molecular formula is C5H10N2O3. The third kappa shape index (κ3) is 3.71. The van der Waals surface area contributed by atoms with Gasteiger partial charge in [0.25, 0.3) is 0 Å². The fourth-order valence-corrected chi connectivity index (χ4v) is 0.382. The lowest BCUT2D eigenvalue weighted by Gasteiger charge is -1.96. The first-order valence-electron chi connectivity index (χ1n) is 2.74. The maximum absolute atomic E-state index is 10.4. The number of amidine groups is 1. The van der Waals surface area contributed by atoms with Crippen LogP contribution in [0.2, 0.25) is 0 Å². The van der Waals surface area contributed by atoms with E-state index >= 15 is 0 Å². The fraction of sp³-hybridized carbons (Fsp3) is 0.600. The molecule has 0 aliphatic rings. The molecule has 0 aromatic heterocycles. The van der Waals surface area contributed by atoms with Gasteiger partial charge in [-0.05, 0) is 0 Å². The highest BCUT2D eigenvalue weighted by Gasteiger charge is 2.00. The molecule has 0 aromatic carbocycles. The summed E-state index contributed by atoms with van der Waals surface area (Å²) in [5, 5.41) is 10.7. The van der Waals surface area contributed by atoms with Crippen molar-refractivity contribution in [1.82, 2.24) is 0 Å². The molecule has 0 saturated carbocycles. The average Bonchev–Trinajstić information content (AvgIpc) is 1.99. The molecular weight excluding hydrogens is 136 g/mol. The number of esters is 1. The van der Waals surface area contributed by atoms with Gasteiger partial charge in [0.2, 0.25) is 0 Å². The lowest BCUT2D eigenvalue weighted by Crippen LogP contribution is -2.13. The number of methoxy groups -OCH3 is 1. The Balaban J connectivity index is 3.45. The molecule has 5 nitrogen and oxygen atoms in total. The van der Waals surface area contributed by atoms with E-state index in [1.165, 1.54) is 7.11 Å². The van der Waals surface area contributed by atoms with Crippen LogP contribution in [0.15, 0.2) is 5.16 Å². The maximum Gasteiger partial charge on any atom is 0.305 e. The van der Waals surface area contributed by atoms with Crippen LogP contribution in [0.5, 0.6) is 0 Å². The second kappa shape index (κ2) is 4.60. The topological polar surface area (TPSA) is 84.9 Å². The van der Waals surface area contributed by atoms with Crippen LogP contribution in [0.1, 0.15) is 12.8 Å². The lowest BCUT2D eigenvalue weighted by molar-refractivity contribution is -0.140. The predicted octanol–water partition coefficient (Wildman–Crippen LogP) is -0.314. The van der Waals surface area contributed by atoms with E-state index in [1.807, 2.05) is 0 Å².